The van der Waals surface area contributed by atoms with Crippen LogP contribution in [0.3, 0.4) is 0 Å². The number of tetrazole rings is 1. The van der Waals surface area contributed by atoms with Crippen molar-refractivity contribution in [1.29, 1.82) is 5.41 Å². The molecule has 0 unspecified atom stereocenters. The number of halogens is 2. The van der Waals surface area contributed by atoms with E-state index in [1.54, 1.807) is 18.3 Å². The number of rotatable bonds is 5. The number of aromatic nitrogens is 7. The first-order valence-electron chi connectivity index (χ1n) is 7.92. The summed E-state index contributed by atoms with van der Waals surface area (Å²) in [5, 5.41) is 30.1. The summed E-state index contributed by atoms with van der Waals surface area (Å²) in [4.78, 5) is 4.22. The molecule has 4 aromatic rings. The normalized spacial score (nSPS) is 10.8. The highest BCUT2D eigenvalue weighted by Crippen LogP contribution is 2.20. The van der Waals surface area contributed by atoms with Gasteiger partial charge in [-0.1, -0.05) is 22.8 Å². The summed E-state index contributed by atoms with van der Waals surface area (Å²) in [5.74, 6) is -0.228. The molecule has 0 amide bonds. The van der Waals surface area contributed by atoms with E-state index in [0.717, 1.165) is 0 Å². The number of hydrogen-bond acceptors (Lipinski definition) is 8. The topological polar surface area (TPSA) is 131 Å². The highest BCUT2D eigenvalue weighted by Gasteiger charge is 2.19. The maximum Gasteiger partial charge on any atom is 0.201 e. The Labute approximate surface area is 161 Å². The minimum Gasteiger partial charge on any atom is -0.339 e. The van der Waals surface area contributed by atoms with Gasteiger partial charge < -0.3 is 5.32 Å². The van der Waals surface area contributed by atoms with Crippen LogP contribution < -0.4 is 5.32 Å². The lowest BCUT2D eigenvalue weighted by molar-refractivity contribution is 0.301. The van der Waals surface area contributed by atoms with E-state index in [0.29, 0.717) is 22.9 Å². The minimum atomic E-state index is -0.553. The lowest BCUT2D eigenvalue weighted by Gasteiger charge is -2.07. The van der Waals surface area contributed by atoms with Crippen LogP contribution in [0.1, 0.15) is 11.4 Å². The fraction of sp³-hybridized carbons (Fsp3) is 0.0625. The number of benzene rings is 1. The number of amidine groups is 1. The second kappa shape index (κ2) is 7.48. The van der Waals surface area contributed by atoms with E-state index in [9.17, 15) is 4.39 Å². The molecule has 10 nitrogen and oxygen atoms in total. The van der Waals surface area contributed by atoms with Gasteiger partial charge in [0.1, 0.15) is 17.2 Å². The molecule has 0 atom stereocenters. The van der Waals surface area contributed by atoms with Gasteiger partial charge in [0.2, 0.25) is 5.82 Å². The summed E-state index contributed by atoms with van der Waals surface area (Å²) in [5.41, 5.74) is 1.49. The molecular formula is C16H11ClFN9O. The van der Waals surface area contributed by atoms with Gasteiger partial charge in [0, 0.05) is 11.9 Å². The van der Waals surface area contributed by atoms with Crippen LogP contribution in [0.15, 0.2) is 47.2 Å². The third-order valence-corrected chi connectivity index (χ3v) is 4.00. The molecule has 0 fully saturated rings. The van der Waals surface area contributed by atoms with Gasteiger partial charge in [-0.2, -0.15) is 0 Å². The SMILES string of the molecule is N=C(Nc1ccc(F)c(Cl)c1)c1nonc1Cn1nnnc1-c1ccccn1. The van der Waals surface area contributed by atoms with Crippen molar-refractivity contribution in [3.05, 3.63) is 64.8 Å². The largest absolute Gasteiger partial charge is 0.339 e. The molecule has 0 aliphatic heterocycles. The molecule has 0 bridgehead atoms. The molecule has 0 aliphatic carbocycles. The summed E-state index contributed by atoms with van der Waals surface area (Å²) in [7, 11) is 0. The third-order valence-electron chi connectivity index (χ3n) is 3.71. The van der Waals surface area contributed by atoms with E-state index < -0.39 is 5.82 Å². The lowest BCUT2D eigenvalue weighted by atomic mass is 10.2. The van der Waals surface area contributed by atoms with Crippen molar-refractivity contribution in [2.45, 2.75) is 6.54 Å². The predicted octanol–water partition coefficient (Wildman–Crippen LogP) is 2.40. The van der Waals surface area contributed by atoms with Crippen LogP contribution in [0, 0.1) is 11.2 Å². The average Bonchev–Trinajstić information content (AvgIpc) is 3.35. The Morgan fingerprint density at radius 1 is 1.25 bits per heavy atom. The number of nitrogens with one attached hydrogen (secondary N) is 2. The Bertz CT molecular complexity index is 1130. The number of anilines is 1. The molecule has 0 radical (unpaired) electrons. The first kappa shape index (κ1) is 17.7. The first-order chi connectivity index (χ1) is 13.6. The zero-order chi connectivity index (χ0) is 19.5. The molecule has 2 N–H and O–H groups in total. The first-order valence-corrected chi connectivity index (χ1v) is 8.29. The zero-order valence-electron chi connectivity index (χ0n) is 14.0. The standard InChI is InChI=1S/C16H11ClFN9O/c17-10-7-9(4-5-11(10)18)21-15(19)14-13(23-28-24-14)8-27-16(22-25-26-27)12-3-1-2-6-20-12/h1-7H,8H2,(H2,19,21). The van der Waals surface area contributed by atoms with Gasteiger partial charge in [0.25, 0.3) is 0 Å². The van der Waals surface area contributed by atoms with E-state index in [1.807, 2.05) is 6.07 Å². The van der Waals surface area contributed by atoms with Crippen LogP contribution in [-0.2, 0) is 6.54 Å². The molecule has 3 aromatic heterocycles. The van der Waals surface area contributed by atoms with Crippen molar-refractivity contribution in [1.82, 2.24) is 35.5 Å². The van der Waals surface area contributed by atoms with Crippen molar-refractivity contribution in [3.8, 4) is 11.5 Å². The van der Waals surface area contributed by atoms with Gasteiger partial charge in [-0.15, -0.1) is 5.10 Å². The van der Waals surface area contributed by atoms with Crippen LogP contribution in [-0.4, -0.2) is 41.3 Å². The molecule has 0 aliphatic rings. The maximum absolute atomic E-state index is 13.3. The molecule has 0 saturated heterocycles. The van der Waals surface area contributed by atoms with E-state index >= 15 is 0 Å². The fourth-order valence-corrected chi connectivity index (χ4v) is 2.59. The molecule has 140 valence electrons. The molecule has 0 spiro atoms. The summed E-state index contributed by atoms with van der Waals surface area (Å²) in [6, 6.07) is 9.37. The van der Waals surface area contributed by atoms with Crippen LogP contribution in [0.2, 0.25) is 5.02 Å². The number of hydrogen-bond donors (Lipinski definition) is 2. The van der Waals surface area contributed by atoms with Gasteiger partial charge in [0.15, 0.2) is 11.5 Å². The van der Waals surface area contributed by atoms with E-state index in [-0.39, 0.29) is 23.1 Å². The molecular weight excluding hydrogens is 389 g/mol. The van der Waals surface area contributed by atoms with Crippen molar-refractivity contribution in [3.63, 3.8) is 0 Å². The lowest BCUT2D eigenvalue weighted by Crippen LogP contribution is -2.16. The van der Waals surface area contributed by atoms with Crippen molar-refractivity contribution in [2.24, 2.45) is 0 Å². The Morgan fingerprint density at radius 2 is 2.14 bits per heavy atom. The van der Waals surface area contributed by atoms with Crippen molar-refractivity contribution < 1.29 is 9.02 Å². The number of pyridine rings is 1. The van der Waals surface area contributed by atoms with Crippen LogP contribution in [0.4, 0.5) is 10.1 Å². The van der Waals surface area contributed by atoms with Gasteiger partial charge in [0.05, 0.1) is 11.6 Å². The molecule has 1 aromatic carbocycles. The Balaban J connectivity index is 1.56. The summed E-state index contributed by atoms with van der Waals surface area (Å²) < 4.78 is 19.5. The van der Waals surface area contributed by atoms with Gasteiger partial charge in [-0.05, 0) is 45.9 Å². The van der Waals surface area contributed by atoms with Gasteiger partial charge >= 0.3 is 0 Å². The minimum absolute atomic E-state index is 0.0648. The van der Waals surface area contributed by atoms with Crippen LogP contribution >= 0.6 is 11.6 Å². The zero-order valence-corrected chi connectivity index (χ0v) is 14.8. The Kier molecular flexibility index (Phi) is 4.72. The predicted molar refractivity (Wildman–Crippen MR) is 96.3 cm³/mol. The molecule has 12 heteroatoms. The number of nitrogens with zero attached hydrogens (tertiary/aromatic N) is 7. The quantitative estimate of drug-likeness (QED) is 0.386. The van der Waals surface area contributed by atoms with Crippen molar-refractivity contribution >= 4 is 23.1 Å². The summed E-state index contributed by atoms with van der Waals surface area (Å²) in [6.45, 7) is 0.103. The highest BCUT2D eigenvalue weighted by atomic mass is 35.5. The van der Waals surface area contributed by atoms with E-state index in [1.165, 1.54) is 22.9 Å². The summed E-state index contributed by atoms with van der Waals surface area (Å²) in [6.07, 6.45) is 1.63. The maximum atomic E-state index is 13.3. The third kappa shape index (κ3) is 3.55. The summed E-state index contributed by atoms with van der Waals surface area (Å²) >= 11 is 5.76. The second-order valence-corrected chi connectivity index (χ2v) is 5.97. The Morgan fingerprint density at radius 3 is 2.93 bits per heavy atom. The van der Waals surface area contributed by atoms with Crippen molar-refractivity contribution in [2.75, 3.05) is 5.32 Å². The van der Waals surface area contributed by atoms with Gasteiger partial charge in [-0.25, -0.2) is 13.7 Å². The smallest absolute Gasteiger partial charge is 0.201 e. The second-order valence-electron chi connectivity index (χ2n) is 5.56. The highest BCUT2D eigenvalue weighted by molar-refractivity contribution is 6.31. The van der Waals surface area contributed by atoms with Gasteiger partial charge in [-0.3, -0.25) is 10.4 Å². The van der Waals surface area contributed by atoms with E-state index in [4.69, 9.17) is 21.6 Å². The fourth-order valence-electron chi connectivity index (χ4n) is 2.41. The average molecular weight is 400 g/mol. The molecule has 4 rings (SSSR count). The van der Waals surface area contributed by atoms with Crippen LogP contribution in [0.5, 0.6) is 0 Å². The monoisotopic (exact) mass is 399 g/mol. The Hall–Kier alpha value is -3.73. The molecule has 28 heavy (non-hydrogen) atoms. The molecule has 0 saturated carbocycles. The molecule has 3 heterocycles. The van der Waals surface area contributed by atoms with E-state index in [2.05, 4.69) is 36.1 Å². The van der Waals surface area contributed by atoms with Crippen LogP contribution in [0.25, 0.3) is 11.5 Å².